The van der Waals surface area contributed by atoms with Crippen LogP contribution in [0, 0.1) is 0 Å². The van der Waals surface area contributed by atoms with Gasteiger partial charge in [-0.15, -0.1) is 11.3 Å². The van der Waals surface area contributed by atoms with E-state index in [0.29, 0.717) is 18.7 Å². The summed E-state index contributed by atoms with van der Waals surface area (Å²) in [4.78, 5) is 25.8. The van der Waals surface area contributed by atoms with E-state index in [0.717, 1.165) is 5.01 Å². The van der Waals surface area contributed by atoms with Gasteiger partial charge in [0.25, 0.3) is 5.91 Å². The number of carbonyl (C=O) groups is 2. The molecule has 7 heteroatoms. The van der Waals surface area contributed by atoms with E-state index >= 15 is 0 Å². The summed E-state index contributed by atoms with van der Waals surface area (Å²) < 4.78 is 0. The molecule has 0 fully saturated rings. The third-order valence-corrected chi connectivity index (χ3v) is 2.47. The first kappa shape index (κ1) is 11.6. The zero-order chi connectivity index (χ0) is 11.3. The molecule has 6 nitrogen and oxygen atoms in total. The molecule has 0 bridgehead atoms. The minimum absolute atomic E-state index is 0.178. The fourth-order valence-corrected chi connectivity index (χ4v) is 1.71. The largest absolute Gasteiger partial charge is 0.368 e. The summed E-state index contributed by atoms with van der Waals surface area (Å²) in [5, 5.41) is 4.79. The van der Waals surface area contributed by atoms with E-state index in [1.54, 1.807) is 5.38 Å². The summed E-state index contributed by atoms with van der Waals surface area (Å²) >= 11 is 1.37. The average Bonchev–Trinajstić information content (AvgIpc) is 2.63. The molecule has 1 aromatic rings. The predicted molar refractivity (Wildman–Crippen MR) is 56.4 cm³/mol. The number of thiazole rings is 1. The highest BCUT2D eigenvalue weighted by atomic mass is 32.1. The van der Waals surface area contributed by atoms with Gasteiger partial charge in [-0.05, 0) is 6.54 Å². The van der Waals surface area contributed by atoms with E-state index in [9.17, 15) is 9.59 Å². The van der Waals surface area contributed by atoms with Gasteiger partial charge in [0.1, 0.15) is 5.69 Å². The fourth-order valence-electron chi connectivity index (χ4n) is 0.911. The van der Waals surface area contributed by atoms with Gasteiger partial charge in [0.05, 0.1) is 11.6 Å². The molecule has 2 amide bonds. The molecule has 0 aliphatic rings. The summed E-state index contributed by atoms with van der Waals surface area (Å²) in [6.45, 7) is 0.318. The van der Waals surface area contributed by atoms with Gasteiger partial charge in [-0.3, -0.25) is 9.59 Å². The Labute approximate surface area is 90.7 Å². The van der Waals surface area contributed by atoms with Crippen molar-refractivity contribution in [3.05, 3.63) is 16.1 Å². The molecule has 0 atom stereocenters. The highest BCUT2D eigenvalue weighted by Crippen LogP contribution is 2.09. The summed E-state index contributed by atoms with van der Waals surface area (Å²) in [5.74, 6) is -0.978. The topological polar surface area (TPSA) is 111 Å². The van der Waals surface area contributed by atoms with Crippen LogP contribution in [0.5, 0.6) is 0 Å². The molecule has 0 aromatic carbocycles. The van der Waals surface area contributed by atoms with Crippen LogP contribution in [0.4, 0.5) is 0 Å². The molecule has 0 saturated carbocycles. The van der Waals surface area contributed by atoms with Gasteiger partial charge in [-0.25, -0.2) is 4.98 Å². The molecule has 0 aliphatic carbocycles. The monoisotopic (exact) mass is 228 g/mol. The number of aromatic nitrogens is 1. The van der Waals surface area contributed by atoms with Gasteiger partial charge < -0.3 is 16.8 Å². The van der Waals surface area contributed by atoms with Crippen molar-refractivity contribution in [1.82, 2.24) is 10.3 Å². The van der Waals surface area contributed by atoms with Crippen LogP contribution in [-0.4, -0.2) is 29.9 Å². The fraction of sp³-hybridized carbons (Fsp3) is 0.375. The van der Waals surface area contributed by atoms with Crippen molar-refractivity contribution < 1.29 is 9.59 Å². The maximum Gasteiger partial charge on any atom is 0.271 e. The normalized spacial score (nSPS) is 9.93. The van der Waals surface area contributed by atoms with Crippen LogP contribution in [0.1, 0.15) is 15.5 Å². The predicted octanol–water partition coefficient (Wildman–Crippen LogP) is -1.14. The Morgan fingerprint density at radius 3 is 2.87 bits per heavy atom. The molecule has 0 radical (unpaired) electrons. The third-order valence-electron chi connectivity index (χ3n) is 1.57. The van der Waals surface area contributed by atoms with Crippen LogP contribution < -0.4 is 16.8 Å². The first-order valence-corrected chi connectivity index (χ1v) is 5.22. The average molecular weight is 228 g/mol. The van der Waals surface area contributed by atoms with E-state index in [4.69, 9.17) is 11.5 Å². The molecular weight excluding hydrogens is 216 g/mol. The van der Waals surface area contributed by atoms with Gasteiger partial charge in [-0.1, -0.05) is 0 Å². The van der Waals surface area contributed by atoms with Crippen LogP contribution in [0.25, 0.3) is 0 Å². The molecule has 1 heterocycles. The van der Waals surface area contributed by atoms with Gasteiger partial charge in [-0.2, -0.15) is 0 Å². The Hall–Kier alpha value is -1.47. The van der Waals surface area contributed by atoms with Gasteiger partial charge in [0, 0.05) is 11.8 Å². The van der Waals surface area contributed by atoms with Crippen molar-refractivity contribution in [3.8, 4) is 0 Å². The highest BCUT2D eigenvalue weighted by Gasteiger charge is 2.10. The molecule has 1 aromatic heterocycles. The number of primary amides is 1. The number of nitrogens with one attached hydrogen (secondary N) is 1. The number of nitrogens with zero attached hydrogens (tertiary/aromatic N) is 1. The van der Waals surface area contributed by atoms with E-state index in [1.165, 1.54) is 11.3 Å². The van der Waals surface area contributed by atoms with Crippen LogP contribution in [0.15, 0.2) is 5.38 Å². The number of carbonyl (C=O) groups excluding carboxylic acids is 2. The number of nitrogens with two attached hydrogens (primary N) is 2. The Kier molecular flexibility index (Phi) is 4.19. The van der Waals surface area contributed by atoms with E-state index in [1.807, 2.05) is 0 Å². The second kappa shape index (κ2) is 5.42. The second-order valence-electron chi connectivity index (χ2n) is 2.81. The smallest absolute Gasteiger partial charge is 0.271 e. The Bertz CT molecular complexity index is 363. The summed E-state index contributed by atoms with van der Waals surface area (Å²) in [5.41, 5.74) is 10.5. The molecule has 0 aliphatic heterocycles. The van der Waals surface area contributed by atoms with Gasteiger partial charge >= 0.3 is 0 Å². The van der Waals surface area contributed by atoms with Crippen LogP contribution in [0.2, 0.25) is 0 Å². The summed E-state index contributed by atoms with van der Waals surface area (Å²) in [6, 6.07) is 0. The lowest BCUT2D eigenvalue weighted by Crippen LogP contribution is -2.33. The van der Waals surface area contributed by atoms with Gasteiger partial charge in [0.2, 0.25) is 5.91 Å². The van der Waals surface area contributed by atoms with Crippen molar-refractivity contribution >= 4 is 23.2 Å². The minimum atomic E-state index is -0.583. The van der Waals surface area contributed by atoms with E-state index in [-0.39, 0.29) is 6.54 Å². The molecular formula is C8H12N4O2S. The first-order chi connectivity index (χ1) is 7.13. The van der Waals surface area contributed by atoms with Crippen molar-refractivity contribution in [3.63, 3.8) is 0 Å². The SMILES string of the molecule is NCCc1nc(C(=O)NCC(N)=O)cs1. The molecule has 15 heavy (non-hydrogen) atoms. The van der Waals surface area contributed by atoms with E-state index < -0.39 is 11.8 Å². The quantitative estimate of drug-likeness (QED) is 0.591. The molecule has 5 N–H and O–H groups in total. The molecule has 0 saturated heterocycles. The number of rotatable bonds is 5. The van der Waals surface area contributed by atoms with E-state index in [2.05, 4.69) is 10.3 Å². The maximum atomic E-state index is 11.4. The number of amides is 2. The lowest BCUT2D eigenvalue weighted by molar-refractivity contribution is -0.117. The van der Waals surface area contributed by atoms with Gasteiger partial charge in [0.15, 0.2) is 0 Å². The molecule has 0 unspecified atom stereocenters. The van der Waals surface area contributed by atoms with Crippen molar-refractivity contribution in [2.75, 3.05) is 13.1 Å². The lowest BCUT2D eigenvalue weighted by Gasteiger charge is -1.98. The van der Waals surface area contributed by atoms with Crippen LogP contribution in [-0.2, 0) is 11.2 Å². The van der Waals surface area contributed by atoms with Crippen molar-refractivity contribution in [2.24, 2.45) is 11.5 Å². The first-order valence-electron chi connectivity index (χ1n) is 4.34. The van der Waals surface area contributed by atoms with Crippen LogP contribution >= 0.6 is 11.3 Å². The Morgan fingerprint density at radius 1 is 1.53 bits per heavy atom. The zero-order valence-corrected chi connectivity index (χ0v) is 8.84. The van der Waals surface area contributed by atoms with Crippen LogP contribution in [0.3, 0.4) is 0 Å². The standard InChI is InChI=1S/C8H12N4O2S/c9-2-1-7-12-5(4-15-7)8(14)11-3-6(10)13/h4H,1-3,9H2,(H2,10,13)(H,11,14). The Morgan fingerprint density at radius 2 is 2.27 bits per heavy atom. The third kappa shape index (κ3) is 3.64. The summed E-state index contributed by atoms with van der Waals surface area (Å²) in [7, 11) is 0. The van der Waals surface area contributed by atoms with Crippen molar-refractivity contribution in [1.29, 1.82) is 0 Å². The highest BCUT2D eigenvalue weighted by molar-refractivity contribution is 7.09. The number of hydrogen-bond donors (Lipinski definition) is 3. The maximum absolute atomic E-state index is 11.4. The lowest BCUT2D eigenvalue weighted by atomic mass is 10.4. The molecule has 82 valence electrons. The Balaban J connectivity index is 2.54. The molecule has 0 spiro atoms. The second-order valence-corrected chi connectivity index (χ2v) is 3.76. The minimum Gasteiger partial charge on any atom is -0.368 e. The van der Waals surface area contributed by atoms with Crippen molar-refractivity contribution in [2.45, 2.75) is 6.42 Å². The zero-order valence-electron chi connectivity index (χ0n) is 8.03. The summed E-state index contributed by atoms with van der Waals surface area (Å²) in [6.07, 6.45) is 0.647. The molecule has 1 rings (SSSR count). The number of hydrogen-bond acceptors (Lipinski definition) is 5.